The van der Waals surface area contributed by atoms with E-state index in [4.69, 9.17) is 4.42 Å². The van der Waals surface area contributed by atoms with Crippen molar-refractivity contribution in [3.63, 3.8) is 0 Å². The highest BCUT2D eigenvalue weighted by atomic mass is 79.9. The molecule has 0 fully saturated rings. The molecule has 2 heterocycles. The van der Waals surface area contributed by atoms with Crippen LogP contribution in [0.4, 0.5) is 5.69 Å². The lowest BCUT2D eigenvalue weighted by atomic mass is 10.2. The Morgan fingerprint density at radius 3 is 2.63 bits per heavy atom. The molecule has 0 aromatic carbocycles. The van der Waals surface area contributed by atoms with Gasteiger partial charge in [0.1, 0.15) is 0 Å². The number of nitrogens with zero attached hydrogens (tertiary/aromatic N) is 2. The lowest BCUT2D eigenvalue weighted by molar-refractivity contribution is 0.102. The molecule has 0 unspecified atom stereocenters. The van der Waals surface area contributed by atoms with E-state index in [2.05, 4.69) is 40.2 Å². The zero-order valence-corrected chi connectivity index (χ0v) is 12.9. The quantitative estimate of drug-likeness (QED) is 0.936. The summed E-state index contributed by atoms with van der Waals surface area (Å²) in [5.74, 6) is -0.213. The zero-order valence-electron chi connectivity index (χ0n) is 11.3. The number of amides is 1. The number of furan rings is 1. The number of hydrogen-bond donors (Lipinski definition) is 1. The number of anilines is 1. The second-order valence-corrected chi connectivity index (χ2v) is 5.37. The van der Waals surface area contributed by atoms with Gasteiger partial charge in [0.2, 0.25) is 0 Å². The molecule has 1 N–H and O–H groups in total. The van der Waals surface area contributed by atoms with Gasteiger partial charge in [-0.3, -0.25) is 9.48 Å². The number of aryl methyl sites for hydroxylation is 1. The maximum absolute atomic E-state index is 12.1. The summed E-state index contributed by atoms with van der Waals surface area (Å²) < 4.78 is 7.39. The third kappa shape index (κ3) is 2.58. The molecule has 0 bridgehead atoms. The Morgan fingerprint density at radius 2 is 2.16 bits per heavy atom. The number of carbonyl (C=O) groups is 1. The van der Waals surface area contributed by atoms with E-state index in [9.17, 15) is 4.79 Å². The van der Waals surface area contributed by atoms with Gasteiger partial charge >= 0.3 is 0 Å². The number of rotatable bonds is 3. The highest BCUT2D eigenvalue weighted by Gasteiger charge is 2.18. The van der Waals surface area contributed by atoms with Gasteiger partial charge in [0.25, 0.3) is 5.91 Å². The van der Waals surface area contributed by atoms with Crippen LogP contribution in [0.1, 0.15) is 41.6 Å². The SMILES string of the molecule is Cc1nn(C(C)C)c(C)c1NC(=O)c1ccoc1Br. The molecule has 0 radical (unpaired) electrons. The van der Waals surface area contributed by atoms with E-state index in [0.29, 0.717) is 10.2 Å². The molecule has 6 heteroatoms. The minimum atomic E-state index is -0.213. The molecule has 2 rings (SSSR count). The Hall–Kier alpha value is -1.56. The lowest BCUT2D eigenvalue weighted by Gasteiger charge is -2.09. The highest BCUT2D eigenvalue weighted by Crippen LogP contribution is 2.24. The Bertz CT molecular complexity index is 613. The van der Waals surface area contributed by atoms with Gasteiger partial charge in [0, 0.05) is 6.04 Å². The van der Waals surface area contributed by atoms with Gasteiger partial charge < -0.3 is 9.73 Å². The molecule has 1 amide bonds. The van der Waals surface area contributed by atoms with Crippen molar-refractivity contribution in [3.05, 3.63) is 34.0 Å². The summed E-state index contributed by atoms with van der Waals surface area (Å²) in [4.78, 5) is 12.1. The first kappa shape index (κ1) is 13.9. The summed E-state index contributed by atoms with van der Waals surface area (Å²) in [5, 5.41) is 7.32. The molecule has 0 aliphatic heterocycles. The molecular formula is C13H16BrN3O2. The van der Waals surface area contributed by atoms with Crippen LogP contribution in [0.2, 0.25) is 0 Å². The minimum Gasteiger partial charge on any atom is -0.457 e. The van der Waals surface area contributed by atoms with Crippen molar-refractivity contribution in [2.45, 2.75) is 33.7 Å². The largest absolute Gasteiger partial charge is 0.457 e. The zero-order chi connectivity index (χ0) is 14.2. The second-order valence-electron chi connectivity index (χ2n) is 4.65. The summed E-state index contributed by atoms with van der Waals surface area (Å²) in [5.41, 5.74) is 2.97. The van der Waals surface area contributed by atoms with Gasteiger partial charge in [-0.2, -0.15) is 5.10 Å². The van der Waals surface area contributed by atoms with Gasteiger partial charge in [-0.1, -0.05) is 0 Å². The summed E-state index contributed by atoms with van der Waals surface area (Å²) in [7, 11) is 0. The fraction of sp³-hybridized carbons (Fsp3) is 0.385. The summed E-state index contributed by atoms with van der Waals surface area (Å²) in [6.07, 6.45) is 1.47. The lowest BCUT2D eigenvalue weighted by Crippen LogP contribution is -2.13. The third-order valence-electron chi connectivity index (χ3n) is 2.92. The molecule has 2 aromatic heterocycles. The standard InChI is InChI=1S/C13H16BrN3O2/c1-7(2)17-9(4)11(8(3)16-17)15-13(18)10-5-6-19-12(10)14/h5-7H,1-4H3,(H,15,18). The van der Waals surface area contributed by atoms with Crippen molar-refractivity contribution in [2.75, 3.05) is 5.32 Å². The molecule has 5 nitrogen and oxygen atoms in total. The van der Waals surface area contributed by atoms with E-state index in [-0.39, 0.29) is 11.9 Å². The average molecular weight is 326 g/mol. The van der Waals surface area contributed by atoms with Gasteiger partial charge in [-0.25, -0.2) is 0 Å². The van der Waals surface area contributed by atoms with Crippen LogP contribution in [-0.4, -0.2) is 15.7 Å². The van der Waals surface area contributed by atoms with Crippen LogP contribution < -0.4 is 5.32 Å². The molecule has 0 aliphatic rings. The molecular weight excluding hydrogens is 310 g/mol. The van der Waals surface area contributed by atoms with Crippen LogP contribution in [0.15, 0.2) is 21.4 Å². The number of hydrogen-bond acceptors (Lipinski definition) is 3. The number of nitrogens with one attached hydrogen (secondary N) is 1. The van der Waals surface area contributed by atoms with Crippen LogP contribution in [0, 0.1) is 13.8 Å². The molecule has 19 heavy (non-hydrogen) atoms. The fourth-order valence-corrected chi connectivity index (χ4v) is 2.40. The van der Waals surface area contributed by atoms with Gasteiger partial charge in [-0.05, 0) is 49.7 Å². The van der Waals surface area contributed by atoms with Gasteiger partial charge in [0.15, 0.2) is 4.67 Å². The average Bonchev–Trinajstić information content (AvgIpc) is 2.87. The first-order valence-electron chi connectivity index (χ1n) is 6.02. The van der Waals surface area contributed by atoms with Crippen LogP contribution in [0.5, 0.6) is 0 Å². The van der Waals surface area contributed by atoms with Crippen molar-refractivity contribution >= 4 is 27.5 Å². The molecule has 0 atom stereocenters. The molecule has 2 aromatic rings. The Labute approximate surface area is 120 Å². The smallest absolute Gasteiger partial charge is 0.260 e. The van der Waals surface area contributed by atoms with Gasteiger partial charge in [-0.15, -0.1) is 0 Å². The maximum atomic E-state index is 12.1. The van der Waals surface area contributed by atoms with E-state index >= 15 is 0 Å². The summed E-state index contributed by atoms with van der Waals surface area (Å²) in [6.45, 7) is 7.93. The molecule has 0 saturated carbocycles. The number of carbonyl (C=O) groups excluding carboxylic acids is 1. The number of halogens is 1. The van der Waals surface area contributed by atoms with Crippen molar-refractivity contribution in [1.29, 1.82) is 0 Å². The van der Waals surface area contributed by atoms with Crippen molar-refractivity contribution in [1.82, 2.24) is 9.78 Å². The van der Waals surface area contributed by atoms with Crippen LogP contribution in [-0.2, 0) is 0 Å². The first-order valence-corrected chi connectivity index (χ1v) is 6.81. The number of aromatic nitrogens is 2. The van der Waals surface area contributed by atoms with E-state index in [1.54, 1.807) is 6.07 Å². The predicted molar refractivity (Wildman–Crippen MR) is 76.4 cm³/mol. The second kappa shape index (κ2) is 5.21. The van der Waals surface area contributed by atoms with Crippen LogP contribution >= 0.6 is 15.9 Å². The Balaban J connectivity index is 2.30. The van der Waals surface area contributed by atoms with E-state index < -0.39 is 0 Å². The Kier molecular flexibility index (Phi) is 3.80. The monoisotopic (exact) mass is 325 g/mol. The third-order valence-corrected chi connectivity index (χ3v) is 3.53. The van der Waals surface area contributed by atoms with Crippen LogP contribution in [0.3, 0.4) is 0 Å². The molecule has 0 aliphatic carbocycles. The van der Waals surface area contributed by atoms with Crippen molar-refractivity contribution in [3.8, 4) is 0 Å². The van der Waals surface area contributed by atoms with E-state index in [0.717, 1.165) is 17.1 Å². The van der Waals surface area contributed by atoms with E-state index in [1.807, 2.05) is 18.5 Å². The van der Waals surface area contributed by atoms with Crippen molar-refractivity contribution < 1.29 is 9.21 Å². The summed E-state index contributed by atoms with van der Waals surface area (Å²) in [6, 6.07) is 1.88. The molecule has 0 saturated heterocycles. The molecule has 102 valence electrons. The highest BCUT2D eigenvalue weighted by molar-refractivity contribution is 9.10. The minimum absolute atomic E-state index is 0.213. The fourth-order valence-electron chi connectivity index (χ4n) is 1.98. The topological polar surface area (TPSA) is 60.1 Å². The van der Waals surface area contributed by atoms with E-state index in [1.165, 1.54) is 6.26 Å². The predicted octanol–water partition coefficient (Wildman–Crippen LogP) is 3.69. The summed E-state index contributed by atoms with van der Waals surface area (Å²) >= 11 is 3.20. The van der Waals surface area contributed by atoms with Crippen LogP contribution in [0.25, 0.3) is 0 Å². The maximum Gasteiger partial charge on any atom is 0.260 e. The normalized spacial score (nSPS) is 11.1. The molecule has 0 spiro atoms. The first-order chi connectivity index (χ1) is 8.91. The van der Waals surface area contributed by atoms with Gasteiger partial charge in [0.05, 0.1) is 28.9 Å². The Morgan fingerprint density at radius 1 is 1.47 bits per heavy atom. The van der Waals surface area contributed by atoms with Crippen molar-refractivity contribution in [2.24, 2.45) is 0 Å².